The van der Waals surface area contributed by atoms with Gasteiger partial charge in [0.05, 0.1) is 30.5 Å². The smallest absolute Gasteiger partial charge is 0.264 e. The van der Waals surface area contributed by atoms with E-state index in [1.54, 1.807) is 98.1 Å². The lowest BCUT2D eigenvalue weighted by Gasteiger charge is -2.23. The number of ether oxygens (including phenoxy) is 3. The van der Waals surface area contributed by atoms with Gasteiger partial charge < -0.3 is 19.5 Å². The maximum atomic E-state index is 13.5. The number of para-hydroxylation sites is 1. The van der Waals surface area contributed by atoms with E-state index in [4.69, 9.17) is 14.2 Å². The Hall–Kier alpha value is -5.36. The van der Waals surface area contributed by atoms with Crippen LogP contribution in [0, 0.1) is 0 Å². The van der Waals surface area contributed by atoms with Crippen molar-refractivity contribution >= 4 is 39.4 Å². The van der Waals surface area contributed by atoms with E-state index in [0.717, 1.165) is 4.31 Å². The standard InChI is InChI=1S/C32H32N4O7S/c1-3-42-28-17-19-30(20-18-28)44(39,40)36(26-7-5-4-6-8-26)22-31(37)35-33-21-24-9-13-29(14-10-24)43-23-32(38)34-25-11-15-27(41-2)16-12-25/h4-21H,3,22-23H2,1-2H3,(H,34,38)(H,35,37)/b33-21-. The van der Waals surface area contributed by atoms with Gasteiger partial charge in [-0.15, -0.1) is 0 Å². The molecule has 0 heterocycles. The Labute approximate surface area is 256 Å². The minimum atomic E-state index is -4.08. The summed E-state index contributed by atoms with van der Waals surface area (Å²) in [6.45, 7) is 1.60. The molecule has 0 aromatic heterocycles. The number of sulfonamides is 1. The molecule has 0 unspecified atom stereocenters. The second kappa shape index (κ2) is 15.2. The second-order valence-corrected chi connectivity index (χ2v) is 11.0. The summed E-state index contributed by atoms with van der Waals surface area (Å²) in [7, 11) is -2.51. The van der Waals surface area contributed by atoms with Gasteiger partial charge in [-0.1, -0.05) is 18.2 Å². The van der Waals surface area contributed by atoms with Gasteiger partial charge in [-0.25, -0.2) is 13.8 Å². The van der Waals surface area contributed by atoms with E-state index in [0.29, 0.717) is 40.8 Å². The average Bonchev–Trinajstić information content (AvgIpc) is 3.04. The number of hydrogen-bond acceptors (Lipinski definition) is 8. The van der Waals surface area contributed by atoms with E-state index in [-0.39, 0.29) is 17.4 Å². The molecule has 2 amide bonds. The fraction of sp³-hybridized carbons (Fsp3) is 0.156. The number of carbonyl (C=O) groups is 2. The van der Waals surface area contributed by atoms with E-state index >= 15 is 0 Å². The molecule has 0 spiro atoms. The topological polar surface area (TPSA) is 136 Å². The Morgan fingerprint density at radius 3 is 2.05 bits per heavy atom. The van der Waals surface area contributed by atoms with Crippen molar-refractivity contribution < 1.29 is 32.2 Å². The van der Waals surface area contributed by atoms with Crippen LogP contribution in [0.15, 0.2) is 113 Å². The normalized spacial score (nSPS) is 11.0. The number of rotatable bonds is 14. The van der Waals surface area contributed by atoms with Crippen LogP contribution in [0.3, 0.4) is 0 Å². The minimum absolute atomic E-state index is 0.0154. The molecule has 0 aliphatic rings. The summed E-state index contributed by atoms with van der Waals surface area (Å²) in [5.41, 5.74) is 3.97. The van der Waals surface area contributed by atoms with Gasteiger partial charge in [0.15, 0.2) is 6.61 Å². The molecule has 0 saturated heterocycles. The van der Waals surface area contributed by atoms with Crippen molar-refractivity contribution in [2.75, 3.05) is 36.5 Å². The van der Waals surface area contributed by atoms with Gasteiger partial charge in [0, 0.05) is 5.69 Å². The molecule has 4 rings (SSSR count). The fourth-order valence-electron chi connectivity index (χ4n) is 3.93. The highest BCUT2D eigenvalue weighted by Crippen LogP contribution is 2.25. The molecule has 2 N–H and O–H groups in total. The fourth-order valence-corrected chi connectivity index (χ4v) is 5.35. The number of anilines is 2. The quantitative estimate of drug-likeness (QED) is 0.158. The number of benzene rings is 4. The summed E-state index contributed by atoms with van der Waals surface area (Å²) in [6, 6.07) is 28.0. The lowest BCUT2D eigenvalue weighted by molar-refractivity contribution is -0.119. The lowest BCUT2D eigenvalue weighted by atomic mass is 10.2. The van der Waals surface area contributed by atoms with Crippen LogP contribution in [-0.4, -0.2) is 53.3 Å². The first-order valence-corrected chi connectivity index (χ1v) is 15.0. The highest BCUT2D eigenvalue weighted by molar-refractivity contribution is 7.92. The predicted molar refractivity (Wildman–Crippen MR) is 168 cm³/mol. The van der Waals surface area contributed by atoms with Gasteiger partial charge in [0.1, 0.15) is 23.8 Å². The summed E-state index contributed by atoms with van der Waals surface area (Å²) in [5, 5.41) is 6.70. The maximum Gasteiger partial charge on any atom is 0.264 e. The van der Waals surface area contributed by atoms with Crippen molar-refractivity contribution in [3.8, 4) is 17.2 Å². The molecule has 4 aromatic carbocycles. The minimum Gasteiger partial charge on any atom is -0.497 e. The van der Waals surface area contributed by atoms with Crippen LogP contribution < -0.4 is 29.3 Å². The Morgan fingerprint density at radius 2 is 1.41 bits per heavy atom. The van der Waals surface area contributed by atoms with E-state index in [9.17, 15) is 18.0 Å². The van der Waals surface area contributed by atoms with Crippen LogP contribution >= 0.6 is 0 Å². The van der Waals surface area contributed by atoms with Crippen molar-refractivity contribution in [3.05, 3.63) is 109 Å². The third-order valence-corrected chi connectivity index (χ3v) is 7.87. The molecular formula is C32H32N4O7S. The average molecular weight is 617 g/mol. The predicted octanol–water partition coefficient (Wildman–Crippen LogP) is 4.46. The van der Waals surface area contributed by atoms with Crippen LogP contribution in [0.25, 0.3) is 0 Å². The Morgan fingerprint density at radius 1 is 0.795 bits per heavy atom. The number of nitrogens with zero attached hydrogens (tertiary/aromatic N) is 2. The zero-order valence-electron chi connectivity index (χ0n) is 24.2. The molecule has 44 heavy (non-hydrogen) atoms. The number of hydrogen-bond donors (Lipinski definition) is 2. The molecule has 0 fully saturated rings. The molecule has 12 heteroatoms. The summed E-state index contributed by atoms with van der Waals surface area (Å²) < 4.78 is 44.1. The van der Waals surface area contributed by atoms with E-state index in [1.807, 2.05) is 6.92 Å². The molecule has 0 bridgehead atoms. The van der Waals surface area contributed by atoms with E-state index in [1.165, 1.54) is 18.3 Å². The highest BCUT2D eigenvalue weighted by atomic mass is 32.2. The van der Waals surface area contributed by atoms with Gasteiger partial charge in [0.25, 0.3) is 21.8 Å². The number of amides is 2. The van der Waals surface area contributed by atoms with Crippen LogP contribution in [0.1, 0.15) is 12.5 Å². The van der Waals surface area contributed by atoms with Crippen molar-refractivity contribution in [2.45, 2.75) is 11.8 Å². The summed E-state index contributed by atoms with van der Waals surface area (Å²) in [4.78, 5) is 25.0. The van der Waals surface area contributed by atoms with Crippen LogP contribution in [0.4, 0.5) is 11.4 Å². The molecule has 228 valence electrons. The first-order valence-electron chi connectivity index (χ1n) is 13.6. The van der Waals surface area contributed by atoms with E-state index in [2.05, 4.69) is 15.8 Å². The summed E-state index contributed by atoms with van der Waals surface area (Å²) in [6.07, 6.45) is 1.41. The first kappa shape index (κ1) is 31.6. The largest absolute Gasteiger partial charge is 0.497 e. The molecular weight excluding hydrogens is 584 g/mol. The third-order valence-electron chi connectivity index (χ3n) is 6.08. The van der Waals surface area contributed by atoms with Gasteiger partial charge in [-0.3, -0.25) is 13.9 Å². The molecule has 0 atom stereocenters. The highest BCUT2D eigenvalue weighted by Gasteiger charge is 2.27. The molecule has 4 aromatic rings. The molecule has 0 saturated carbocycles. The molecule has 0 aliphatic carbocycles. The number of hydrazone groups is 1. The number of methoxy groups -OCH3 is 1. The summed E-state index contributed by atoms with van der Waals surface area (Å²) in [5.74, 6) is 0.735. The monoisotopic (exact) mass is 616 g/mol. The van der Waals surface area contributed by atoms with Crippen molar-refractivity contribution in [2.24, 2.45) is 5.10 Å². The van der Waals surface area contributed by atoms with Gasteiger partial charge in [-0.05, 0) is 97.4 Å². The zero-order valence-corrected chi connectivity index (χ0v) is 25.0. The van der Waals surface area contributed by atoms with Crippen LogP contribution in [0.5, 0.6) is 17.2 Å². The third kappa shape index (κ3) is 8.82. The first-order chi connectivity index (χ1) is 21.3. The Bertz CT molecular complexity index is 1660. The van der Waals surface area contributed by atoms with Gasteiger partial charge in [-0.2, -0.15) is 5.10 Å². The van der Waals surface area contributed by atoms with E-state index < -0.39 is 22.5 Å². The Balaban J connectivity index is 1.32. The number of nitrogens with one attached hydrogen (secondary N) is 2. The second-order valence-electron chi connectivity index (χ2n) is 9.18. The Kier molecular flexibility index (Phi) is 10.9. The zero-order chi connectivity index (χ0) is 31.4. The van der Waals surface area contributed by atoms with Gasteiger partial charge in [0.2, 0.25) is 0 Å². The maximum absolute atomic E-state index is 13.5. The van der Waals surface area contributed by atoms with Crippen molar-refractivity contribution in [1.82, 2.24) is 5.43 Å². The van der Waals surface area contributed by atoms with Crippen molar-refractivity contribution in [3.63, 3.8) is 0 Å². The molecule has 0 radical (unpaired) electrons. The number of carbonyl (C=O) groups excluding carboxylic acids is 2. The van der Waals surface area contributed by atoms with Crippen LogP contribution in [0.2, 0.25) is 0 Å². The summed E-state index contributed by atoms with van der Waals surface area (Å²) >= 11 is 0. The van der Waals surface area contributed by atoms with Crippen LogP contribution in [-0.2, 0) is 19.6 Å². The van der Waals surface area contributed by atoms with Crippen molar-refractivity contribution in [1.29, 1.82) is 0 Å². The lowest BCUT2D eigenvalue weighted by Crippen LogP contribution is -2.39. The molecule has 0 aliphatic heterocycles. The SMILES string of the molecule is CCOc1ccc(S(=O)(=O)N(CC(=O)N/N=C\c2ccc(OCC(=O)Nc3ccc(OC)cc3)cc2)c2ccccc2)cc1. The molecule has 11 nitrogen and oxygen atoms in total. The van der Waals surface area contributed by atoms with Gasteiger partial charge >= 0.3 is 0 Å².